The van der Waals surface area contributed by atoms with Crippen molar-refractivity contribution in [3.8, 4) is 11.3 Å². The van der Waals surface area contributed by atoms with Crippen molar-refractivity contribution in [2.45, 2.75) is 25.4 Å². The molecule has 1 saturated carbocycles. The molecule has 2 heterocycles. The van der Waals surface area contributed by atoms with E-state index in [0.717, 1.165) is 29.7 Å². The molecule has 0 N–H and O–H groups in total. The van der Waals surface area contributed by atoms with Gasteiger partial charge in [0.1, 0.15) is 11.5 Å². The second-order valence-corrected chi connectivity index (χ2v) is 7.95. The number of ether oxygens (including phenoxy) is 1. The number of halogens is 1. The lowest BCUT2D eigenvalue weighted by Gasteiger charge is -2.28. The number of nitrogens with zero attached hydrogens (tertiary/aromatic N) is 3. The highest BCUT2D eigenvalue weighted by Gasteiger charge is 2.36. The van der Waals surface area contributed by atoms with Crippen LogP contribution in [0.5, 0.6) is 0 Å². The van der Waals surface area contributed by atoms with Gasteiger partial charge in [0.25, 0.3) is 5.91 Å². The lowest BCUT2D eigenvalue weighted by Crippen LogP contribution is -2.37. The number of benzene rings is 2. The predicted octanol–water partition coefficient (Wildman–Crippen LogP) is 4.12. The van der Waals surface area contributed by atoms with Gasteiger partial charge in [0.15, 0.2) is 0 Å². The minimum atomic E-state index is -0.352. The normalized spacial score (nSPS) is 16.4. The number of carbonyl (C=O) groups excluding carboxylic acids is 1. The Labute approximate surface area is 180 Å². The van der Waals surface area contributed by atoms with Gasteiger partial charge in [0.2, 0.25) is 5.88 Å². The number of morpholine rings is 1. The summed E-state index contributed by atoms with van der Waals surface area (Å²) in [6.45, 7) is 3.07. The largest absolute Gasteiger partial charge is 0.378 e. The molecule has 0 unspecified atom stereocenters. The maximum absolute atomic E-state index is 13.4. The molecule has 5 rings (SSSR count). The Morgan fingerprint density at radius 3 is 2.45 bits per heavy atom. The van der Waals surface area contributed by atoms with Crippen molar-refractivity contribution in [2.75, 3.05) is 31.2 Å². The van der Waals surface area contributed by atoms with E-state index in [1.807, 2.05) is 35.2 Å². The van der Waals surface area contributed by atoms with E-state index in [1.165, 1.54) is 12.1 Å². The molecule has 0 bridgehead atoms. The first kappa shape index (κ1) is 19.8. The maximum Gasteiger partial charge on any atom is 0.254 e. The summed E-state index contributed by atoms with van der Waals surface area (Å²) in [5.74, 6) is 0.241. The quantitative estimate of drug-likeness (QED) is 0.599. The van der Waals surface area contributed by atoms with Gasteiger partial charge in [-0.1, -0.05) is 35.5 Å². The molecular formula is C24H24FN3O3. The lowest BCUT2D eigenvalue weighted by atomic mass is 10.1. The fraction of sp³-hybridized carbons (Fsp3) is 0.333. The number of aromatic nitrogens is 1. The Hall–Kier alpha value is -3.19. The molecule has 1 aliphatic carbocycles. The van der Waals surface area contributed by atoms with Crippen molar-refractivity contribution < 1.29 is 18.4 Å². The fourth-order valence-electron chi connectivity index (χ4n) is 3.96. The van der Waals surface area contributed by atoms with E-state index in [2.05, 4.69) is 10.1 Å². The zero-order chi connectivity index (χ0) is 21.2. The van der Waals surface area contributed by atoms with E-state index in [-0.39, 0.29) is 17.8 Å². The standard InChI is InChI=1S/C24H24FN3O3/c25-19-8-6-18(7-9-19)23(29)28(20-10-11-20)16-21-22(17-4-2-1-3-5-17)26-31-24(21)27-12-14-30-15-13-27/h1-9,20H,10-16H2. The van der Waals surface area contributed by atoms with Gasteiger partial charge in [0, 0.05) is 30.3 Å². The van der Waals surface area contributed by atoms with Crippen LogP contribution in [0.3, 0.4) is 0 Å². The predicted molar refractivity (Wildman–Crippen MR) is 114 cm³/mol. The van der Waals surface area contributed by atoms with Crippen LogP contribution in [0.15, 0.2) is 59.1 Å². The van der Waals surface area contributed by atoms with Gasteiger partial charge in [-0.25, -0.2) is 4.39 Å². The van der Waals surface area contributed by atoms with Gasteiger partial charge in [-0.05, 0) is 37.1 Å². The van der Waals surface area contributed by atoms with Gasteiger partial charge < -0.3 is 19.1 Å². The number of anilines is 1. The zero-order valence-electron chi connectivity index (χ0n) is 17.2. The summed E-state index contributed by atoms with van der Waals surface area (Å²) in [6.07, 6.45) is 1.93. The fourth-order valence-corrected chi connectivity index (χ4v) is 3.96. The van der Waals surface area contributed by atoms with Crippen molar-refractivity contribution in [1.82, 2.24) is 10.1 Å². The molecule has 2 aliphatic rings. The summed E-state index contributed by atoms with van der Waals surface area (Å²) in [7, 11) is 0. The smallest absolute Gasteiger partial charge is 0.254 e. The average molecular weight is 421 g/mol. The SMILES string of the molecule is O=C(c1ccc(F)cc1)N(Cc1c(-c2ccccc2)noc1N1CCOCC1)C1CC1. The molecule has 0 atom stereocenters. The number of carbonyl (C=O) groups is 1. The molecule has 2 fully saturated rings. The van der Waals surface area contributed by atoms with E-state index in [9.17, 15) is 9.18 Å². The summed E-state index contributed by atoms with van der Waals surface area (Å²) in [5, 5.41) is 4.39. The van der Waals surface area contributed by atoms with Crippen LogP contribution in [0, 0.1) is 5.82 Å². The molecule has 0 radical (unpaired) electrons. The van der Waals surface area contributed by atoms with Crippen LogP contribution < -0.4 is 4.90 Å². The van der Waals surface area contributed by atoms with Crippen molar-refractivity contribution in [1.29, 1.82) is 0 Å². The summed E-state index contributed by atoms with van der Waals surface area (Å²) < 4.78 is 24.7. The maximum atomic E-state index is 13.4. The number of hydrogen-bond acceptors (Lipinski definition) is 5. The Morgan fingerprint density at radius 1 is 1.06 bits per heavy atom. The number of rotatable bonds is 6. The van der Waals surface area contributed by atoms with Gasteiger partial charge in [-0.15, -0.1) is 0 Å². The van der Waals surface area contributed by atoms with E-state index in [4.69, 9.17) is 9.26 Å². The van der Waals surface area contributed by atoms with E-state index < -0.39 is 0 Å². The monoisotopic (exact) mass is 421 g/mol. The van der Waals surface area contributed by atoms with Gasteiger partial charge >= 0.3 is 0 Å². The molecule has 6 nitrogen and oxygen atoms in total. The van der Waals surface area contributed by atoms with Crippen LogP contribution >= 0.6 is 0 Å². The van der Waals surface area contributed by atoms with Crippen molar-refractivity contribution >= 4 is 11.8 Å². The Kier molecular flexibility index (Phi) is 5.42. The highest BCUT2D eigenvalue weighted by Crippen LogP contribution is 2.36. The minimum absolute atomic E-state index is 0.101. The van der Waals surface area contributed by atoms with Gasteiger partial charge in [0.05, 0.1) is 25.3 Å². The van der Waals surface area contributed by atoms with Crippen LogP contribution in [0.1, 0.15) is 28.8 Å². The van der Waals surface area contributed by atoms with Crippen molar-refractivity contribution in [3.05, 3.63) is 71.5 Å². The van der Waals surface area contributed by atoms with Crippen molar-refractivity contribution in [2.24, 2.45) is 0 Å². The first-order chi connectivity index (χ1) is 15.2. The van der Waals surface area contributed by atoms with E-state index in [1.54, 1.807) is 12.1 Å². The third-order valence-corrected chi connectivity index (χ3v) is 5.78. The number of amides is 1. The third-order valence-electron chi connectivity index (χ3n) is 5.78. The molecular weight excluding hydrogens is 397 g/mol. The molecule has 1 amide bonds. The highest BCUT2D eigenvalue weighted by atomic mass is 19.1. The van der Waals surface area contributed by atoms with Crippen LogP contribution in [0.25, 0.3) is 11.3 Å². The van der Waals surface area contributed by atoms with Crippen LogP contribution in [0.2, 0.25) is 0 Å². The lowest BCUT2D eigenvalue weighted by molar-refractivity contribution is 0.0729. The van der Waals surface area contributed by atoms with Crippen LogP contribution in [0.4, 0.5) is 10.3 Å². The first-order valence-corrected chi connectivity index (χ1v) is 10.6. The average Bonchev–Trinajstić information content (AvgIpc) is 3.57. The summed E-state index contributed by atoms with van der Waals surface area (Å²) in [4.78, 5) is 17.3. The Balaban J connectivity index is 1.51. The molecule has 3 aromatic rings. The van der Waals surface area contributed by atoms with Crippen molar-refractivity contribution in [3.63, 3.8) is 0 Å². The molecule has 2 aromatic carbocycles. The Morgan fingerprint density at radius 2 is 1.77 bits per heavy atom. The molecule has 7 heteroatoms. The number of hydrogen-bond donors (Lipinski definition) is 0. The van der Waals surface area contributed by atoms with Crippen LogP contribution in [-0.2, 0) is 11.3 Å². The summed E-state index contributed by atoms with van der Waals surface area (Å²) in [5.41, 5.74) is 3.08. The zero-order valence-corrected chi connectivity index (χ0v) is 17.2. The molecule has 160 valence electrons. The molecule has 1 aliphatic heterocycles. The third kappa shape index (κ3) is 4.18. The second kappa shape index (κ2) is 8.51. The van der Waals surface area contributed by atoms with E-state index in [0.29, 0.717) is 44.3 Å². The Bertz CT molecular complexity index is 1040. The van der Waals surface area contributed by atoms with Gasteiger partial charge in [-0.3, -0.25) is 4.79 Å². The first-order valence-electron chi connectivity index (χ1n) is 10.6. The van der Waals surface area contributed by atoms with Gasteiger partial charge in [-0.2, -0.15) is 0 Å². The van der Waals surface area contributed by atoms with Crippen LogP contribution in [-0.4, -0.2) is 48.3 Å². The summed E-state index contributed by atoms with van der Waals surface area (Å²) >= 11 is 0. The van der Waals surface area contributed by atoms with E-state index >= 15 is 0 Å². The molecule has 1 aromatic heterocycles. The topological polar surface area (TPSA) is 58.8 Å². The molecule has 1 saturated heterocycles. The molecule has 0 spiro atoms. The molecule has 31 heavy (non-hydrogen) atoms. The summed E-state index contributed by atoms with van der Waals surface area (Å²) in [6, 6.07) is 15.8. The second-order valence-electron chi connectivity index (χ2n) is 7.95. The highest BCUT2D eigenvalue weighted by molar-refractivity contribution is 5.94. The minimum Gasteiger partial charge on any atom is -0.378 e.